The molecular weight excluding hydrogens is 488 g/mol. The number of ether oxygens (including phenoxy) is 3. The fourth-order valence-corrected chi connectivity index (χ4v) is 3.86. The van der Waals surface area contributed by atoms with Crippen molar-refractivity contribution in [2.24, 2.45) is 5.92 Å². The minimum absolute atomic E-state index is 0.0273. The summed E-state index contributed by atoms with van der Waals surface area (Å²) in [6.45, 7) is 3.17. The molecule has 2 amide bonds. The van der Waals surface area contributed by atoms with Crippen molar-refractivity contribution >= 4 is 35.1 Å². The Balaban J connectivity index is 1.24. The highest BCUT2D eigenvalue weighted by Crippen LogP contribution is 2.27. The van der Waals surface area contributed by atoms with Crippen LogP contribution >= 0.6 is 0 Å². The van der Waals surface area contributed by atoms with Crippen molar-refractivity contribution in [2.45, 2.75) is 26.4 Å². The van der Waals surface area contributed by atoms with Gasteiger partial charge in [0.1, 0.15) is 11.5 Å². The molecule has 0 spiro atoms. The summed E-state index contributed by atoms with van der Waals surface area (Å²) in [5, 5.41) is 2.66. The third kappa shape index (κ3) is 6.97. The number of nitrogens with zero attached hydrogens (tertiary/aromatic N) is 1. The van der Waals surface area contributed by atoms with Gasteiger partial charge in [-0.3, -0.25) is 14.4 Å². The van der Waals surface area contributed by atoms with Crippen LogP contribution in [0.25, 0.3) is 0 Å². The first-order valence-corrected chi connectivity index (χ1v) is 12.2. The molecule has 1 heterocycles. The summed E-state index contributed by atoms with van der Waals surface area (Å²) in [6.07, 6.45) is -0.267. The van der Waals surface area contributed by atoms with Crippen LogP contribution in [0.3, 0.4) is 0 Å². The lowest BCUT2D eigenvalue weighted by Crippen LogP contribution is -2.28. The minimum atomic E-state index is -0.699. The molecule has 1 aliphatic heterocycles. The maximum absolute atomic E-state index is 12.5. The zero-order chi connectivity index (χ0) is 27.1. The Hall–Kier alpha value is -4.66. The van der Waals surface area contributed by atoms with E-state index in [2.05, 4.69) is 5.32 Å². The smallest absolute Gasteiger partial charge is 0.338 e. The Morgan fingerprint density at radius 1 is 0.921 bits per heavy atom. The third-order valence-corrected chi connectivity index (χ3v) is 5.68. The zero-order valence-electron chi connectivity index (χ0n) is 21.1. The molecule has 0 radical (unpaired) electrons. The number of esters is 2. The van der Waals surface area contributed by atoms with Crippen molar-refractivity contribution in [1.82, 2.24) is 0 Å². The highest BCUT2D eigenvalue weighted by atomic mass is 16.5. The largest absolute Gasteiger partial charge is 0.459 e. The number of para-hydroxylation sites is 1. The van der Waals surface area contributed by atoms with E-state index >= 15 is 0 Å². The van der Waals surface area contributed by atoms with Crippen LogP contribution < -0.4 is 15.0 Å². The molecule has 38 heavy (non-hydrogen) atoms. The second kappa shape index (κ2) is 12.1. The minimum Gasteiger partial charge on any atom is -0.459 e. The van der Waals surface area contributed by atoms with E-state index in [4.69, 9.17) is 14.2 Å². The SMILES string of the molecule is CC(C)OC(=O)c1ccc(N2C[C@H](C(=O)OCC(=O)Nc3ccc(Oc4ccccc4)cc3)CC2=O)cc1. The van der Waals surface area contributed by atoms with Gasteiger partial charge in [0.15, 0.2) is 6.61 Å². The summed E-state index contributed by atoms with van der Waals surface area (Å²) in [5.41, 5.74) is 1.45. The van der Waals surface area contributed by atoms with Gasteiger partial charge in [0.25, 0.3) is 5.91 Å². The monoisotopic (exact) mass is 516 g/mol. The Morgan fingerprint density at radius 2 is 1.58 bits per heavy atom. The van der Waals surface area contributed by atoms with Crippen LogP contribution in [-0.2, 0) is 23.9 Å². The lowest BCUT2D eigenvalue weighted by atomic mass is 10.1. The van der Waals surface area contributed by atoms with E-state index in [-0.39, 0.29) is 25.0 Å². The molecule has 0 aliphatic carbocycles. The highest BCUT2D eigenvalue weighted by molar-refractivity contribution is 6.00. The lowest BCUT2D eigenvalue weighted by molar-refractivity contribution is -0.151. The average Bonchev–Trinajstić information content (AvgIpc) is 3.30. The van der Waals surface area contributed by atoms with Crippen molar-refractivity contribution in [3.63, 3.8) is 0 Å². The maximum Gasteiger partial charge on any atom is 0.338 e. The molecule has 9 heteroatoms. The van der Waals surface area contributed by atoms with Crippen LogP contribution in [0.5, 0.6) is 11.5 Å². The Kier molecular flexibility index (Phi) is 8.37. The summed E-state index contributed by atoms with van der Waals surface area (Å²) in [4.78, 5) is 50.8. The first-order chi connectivity index (χ1) is 18.3. The molecule has 0 aromatic heterocycles. The van der Waals surface area contributed by atoms with Gasteiger partial charge in [-0.1, -0.05) is 18.2 Å². The Bertz CT molecular complexity index is 1290. The van der Waals surface area contributed by atoms with Gasteiger partial charge in [-0.25, -0.2) is 4.79 Å². The molecule has 0 saturated carbocycles. The van der Waals surface area contributed by atoms with Crippen LogP contribution in [0.4, 0.5) is 11.4 Å². The number of nitrogens with one attached hydrogen (secondary N) is 1. The summed E-state index contributed by atoms with van der Waals surface area (Å²) >= 11 is 0. The van der Waals surface area contributed by atoms with E-state index in [0.717, 1.165) is 0 Å². The molecule has 1 fully saturated rings. The Morgan fingerprint density at radius 3 is 2.24 bits per heavy atom. The maximum atomic E-state index is 12.5. The first kappa shape index (κ1) is 26.4. The van der Waals surface area contributed by atoms with Crippen molar-refractivity contribution in [1.29, 1.82) is 0 Å². The van der Waals surface area contributed by atoms with Gasteiger partial charge >= 0.3 is 11.9 Å². The van der Waals surface area contributed by atoms with E-state index in [1.807, 2.05) is 30.3 Å². The topological polar surface area (TPSA) is 111 Å². The molecule has 1 aliphatic rings. The second-order valence-electron chi connectivity index (χ2n) is 9.00. The number of hydrogen-bond donors (Lipinski definition) is 1. The van der Waals surface area contributed by atoms with Crippen LogP contribution in [0.15, 0.2) is 78.9 Å². The molecule has 9 nitrogen and oxygen atoms in total. The fraction of sp³-hybridized carbons (Fsp3) is 0.241. The van der Waals surface area contributed by atoms with Gasteiger partial charge in [-0.05, 0) is 74.5 Å². The van der Waals surface area contributed by atoms with Crippen molar-refractivity contribution < 1.29 is 33.4 Å². The molecule has 1 saturated heterocycles. The highest BCUT2D eigenvalue weighted by Gasteiger charge is 2.36. The van der Waals surface area contributed by atoms with Crippen LogP contribution in [-0.4, -0.2) is 43.0 Å². The number of carbonyl (C=O) groups excluding carboxylic acids is 4. The number of carbonyl (C=O) groups is 4. The molecule has 3 aromatic carbocycles. The van der Waals surface area contributed by atoms with Crippen LogP contribution in [0.2, 0.25) is 0 Å². The van der Waals surface area contributed by atoms with Crippen LogP contribution in [0.1, 0.15) is 30.6 Å². The fourth-order valence-electron chi connectivity index (χ4n) is 3.86. The second-order valence-corrected chi connectivity index (χ2v) is 9.00. The molecule has 0 unspecified atom stereocenters. The van der Waals surface area contributed by atoms with Gasteiger partial charge in [0.05, 0.1) is 17.6 Å². The predicted octanol–water partition coefficient (Wildman–Crippen LogP) is 4.58. The lowest BCUT2D eigenvalue weighted by Gasteiger charge is -2.17. The molecule has 0 bridgehead atoms. The standard InChI is InChI=1S/C29H28N2O7/c1-19(2)37-29(35)20-8-12-23(13-9-20)31-17-21(16-27(31)33)28(34)36-18-26(32)30-22-10-14-25(15-11-22)38-24-6-4-3-5-7-24/h3-15,19,21H,16-18H2,1-2H3,(H,30,32)/t21-/m1/s1. The number of amides is 2. The van der Waals surface area contributed by atoms with E-state index in [0.29, 0.717) is 28.4 Å². The number of anilines is 2. The molecule has 3 aromatic rings. The number of benzene rings is 3. The van der Waals surface area contributed by atoms with E-state index in [1.54, 1.807) is 62.4 Å². The quantitative estimate of drug-likeness (QED) is 0.415. The Labute approximate surface area is 220 Å². The molecule has 4 rings (SSSR count). The van der Waals surface area contributed by atoms with E-state index < -0.39 is 30.4 Å². The number of hydrogen-bond acceptors (Lipinski definition) is 7. The number of rotatable bonds is 9. The summed E-state index contributed by atoms with van der Waals surface area (Å²) < 4.78 is 16.0. The zero-order valence-corrected chi connectivity index (χ0v) is 21.1. The van der Waals surface area contributed by atoms with Gasteiger partial charge in [-0.2, -0.15) is 0 Å². The normalized spacial score (nSPS) is 14.8. The first-order valence-electron chi connectivity index (χ1n) is 12.2. The average molecular weight is 517 g/mol. The molecule has 196 valence electrons. The van der Waals surface area contributed by atoms with Gasteiger partial charge in [0, 0.05) is 24.3 Å². The van der Waals surface area contributed by atoms with E-state index in [1.165, 1.54) is 4.90 Å². The van der Waals surface area contributed by atoms with Gasteiger partial charge < -0.3 is 24.4 Å². The predicted molar refractivity (Wildman–Crippen MR) is 140 cm³/mol. The van der Waals surface area contributed by atoms with E-state index in [9.17, 15) is 19.2 Å². The molecule has 1 N–H and O–H groups in total. The van der Waals surface area contributed by atoms with Crippen LogP contribution in [0, 0.1) is 5.92 Å². The van der Waals surface area contributed by atoms with Crippen molar-refractivity contribution in [3.05, 3.63) is 84.4 Å². The van der Waals surface area contributed by atoms with Crippen molar-refractivity contribution in [2.75, 3.05) is 23.4 Å². The van der Waals surface area contributed by atoms with Gasteiger partial charge in [0.2, 0.25) is 5.91 Å². The summed E-state index contributed by atoms with van der Waals surface area (Å²) in [5.74, 6) is -1.21. The summed E-state index contributed by atoms with van der Waals surface area (Å²) in [7, 11) is 0. The molecular formula is C29H28N2O7. The summed E-state index contributed by atoms with van der Waals surface area (Å²) in [6, 6.07) is 22.5. The third-order valence-electron chi connectivity index (χ3n) is 5.68. The van der Waals surface area contributed by atoms with Crippen molar-refractivity contribution in [3.8, 4) is 11.5 Å². The molecule has 1 atom stereocenters. The van der Waals surface area contributed by atoms with Gasteiger partial charge in [-0.15, -0.1) is 0 Å².